The lowest BCUT2D eigenvalue weighted by Crippen LogP contribution is -2.41. The van der Waals surface area contributed by atoms with E-state index in [0.717, 1.165) is 17.1 Å². The number of hydrogen-bond acceptors (Lipinski definition) is 2. The van der Waals surface area contributed by atoms with Crippen LogP contribution in [0.3, 0.4) is 0 Å². The summed E-state index contributed by atoms with van der Waals surface area (Å²) in [5.41, 5.74) is 1.13. The Labute approximate surface area is 97.5 Å². The zero-order valence-electron chi connectivity index (χ0n) is 8.57. The molecule has 1 heterocycles. The van der Waals surface area contributed by atoms with Crippen LogP contribution in [0.5, 0.6) is 0 Å². The van der Waals surface area contributed by atoms with Crippen LogP contribution in [-0.4, -0.2) is 21.8 Å². The molecule has 1 aromatic carbocycles. The highest BCUT2D eigenvalue weighted by atomic mass is 35.5. The Bertz CT molecular complexity index is 383. The average molecular weight is 244 g/mol. The van der Waals surface area contributed by atoms with E-state index in [4.69, 9.17) is 11.6 Å². The first-order valence-electron chi connectivity index (χ1n) is 5.03. The van der Waals surface area contributed by atoms with E-state index in [9.17, 15) is 4.21 Å². The van der Waals surface area contributed by atoms with E-state index in [0.29, 0.717) is 5.75 Å². The van der Waals surface area contributed by atoms with Crippen LogP contribution in [0.15, 0.2) is 24.3 Å². The summed E-state index contributed by atoms with van der Waals surface area (Å²) >= 11 is 5.93. The molecule has 0 aliphatic carbocycles. The predicted molar refractivity (Wildman–Crippen MR) is 64.7 cm³/mol. The Balaban J connectivity index is 2.15. The number of rotatable bonds is 1. The standard InChI is InChI=1S/C11H14ClNOS/c1-8-6-13-11(7-15(8)14)9-3-2-4-10(12)5-9/h2-5,8,11,13H,6-7H2,1H3. The fourth-order valence-corrected chi connectivity index (χ4v) is 3.17. The second kappa shape index (κ2) is 4.64. The molecule has 0 spiro atoms. The maximum Gasteiger partial charge on any atom is 0.0445 e. The summed E-state index contributed by atoms with van der Waals surface area (Å²) in [5.74, 6) is 0.682. The van der Waals surface area contributed by atoms with E-state index in [2.05, 4.69) is 5.32 Å². The first kappa shape index (κ1) is 11.1. The lowest BCUT2D eigenvalue weighted by molar-refractivity contribution is 0.540. The molecule has 0 bridgehead atoms. The third-order valence-electron chi connectivity index (χ3n) is 2.68. The van der Waals surface area contributed by atoms with Gasteiger partial charge in [0.15, 0.2) is 0 Å². The summed E-state index contributed by atoms with van der Waals surface area (Å²) < 4.78 is 11.7. The Hall–Kier alpha value is -0.380. The largest absolute Gasteiger partial charge is 0.308 e. The van der Waals surface area contributed by atoms with Crippen LogP contribution < -0.4 is 5.32 Å². The molecule has 1 aliphatic heterocycles. The minimum Gasteiger partial charge on any atom is -0.308 e. The van der Waals surface area contributed by atoms with Gasteiger partial charge in [-0.15, -0.1) is 0 Å². The van der Waals surface area contributed by atoms with Gasteiger partial charge in [-0.3, -0.25) is 4.21 Å². The van der Waals surface area contributed by atoms with E-state index in [1.165, 1.54) is 0 Å². The smallest absolute Gasteiger partial charge is 0.0445 e. The molecule has 0 aromatic heterocycles. The van der Waals surface area contributed by atoms with Crippen LogP contribution in [0.1, 0.15) is 18.5 Å². The van der Waals surface area contributed by atoms with Gasteiger partial charge in [0, 0.05) is 39.4 Å². The number of nitrogens with one attached hydrogen (secondary N) is 1. The van der Waals surface area contributed by atoms with Crippen molar-refractivity contribution in [3.8, 4) is 0 Å². The van der Waals surface area contributed by atoms with E-state index in [-0.39, 0.29) is 11.3 Å². The van der Waals surface area contributed by atoms with Gasteiger partial charge >= 0.3 is 0 Å². The monoisotopic (exact) mass is 243 g/mol. The molecule has 1 saturated heterocycles. The topological polar surface area (TPSA) is 29.1 Å². The lowest BCUT2D eigenvalue weighted by atomic mass is 10.1. The van der Waals surface area contributed by atoms with Crippen molar-refractivity contribution in [2.24, 2.45) is 0 Å². The molecular weight excluding hydrogens is 230 g/mol. The van der Waals surface area contributed by atoms with Gasteiger partial charge in [0.2, 0.25) is 0 Å². The first-order chi connectivity index (χ1) is 7.16. The van der Waals surface area contributed by atoms with Gasteiger partial charge in [-0.2, -0.15) is 0 Å². The van der Waals surface area contributed by atoms with Gasteiger partial charge in [-0.1, -0.05) is 23.7 Å². The minimum absolute atomic E-state index is 0.181. The molecule has 3 atom stereocenters. The Morgan fingerprint density at radius 1 is 1.53 bits per heavy atom. The number of benzene rings is 1. The summed E-state index contributed by atoms with van der Waals surface area (Å²) in [5, 5.41) is 4.38. The maximum absolute atomic E-state index is 11.7. The van der Waals surface area contributed by atoms with Crippen molar-refractivity contribution in [1.29, 1.82) is 0 Å². The van der Waals surface area contributed by atoms with Crippen LogP contribution in [0.25, 0.3) is 0 Å². The van der Waals surface area contributed by atoms with Crippen LogP contribution in [0.4, 0.5) is 0 Å². The molecule has 15 heavy (non-hydrogen) atoms. The van der Waals surface area contributed by atoms with Gasteiger partial charge in [0.05, 0.1) is 0 Å². The molecule has 82 valence electrons. The molecule has 1 aliphatic rings. The van der Waals surface area contributed by atoms with Crippen LogP contribution in [-0.2, 0) is 10.8 Å². The normalized spacial score (nSPS) is 31.5. The van der Waals surface area contributed by atoms with Crippen molar-refractivity contribution < 1.29 is 4.21 Å². The highest BCUT2D eigenvalue weighted by Crippen LogP contribution is 2.22. The van der Waals surface area contributed by atoms with Crippen molar-refractivity contribution in [2.75, 3.05) is 12.3 Å². The predicted octanol–water partition coefficient (Wildman–Crippen LogP) is 2.12. The third-order valence-corrected chi connectivity index (χ3v) is 4.64. The zero-order chi connectivity index (χ0) is 10.8. The van der Waals surface area contributed by atoms with Gasteiger partial charge in [0.25, 0.3) is 0 Å². The minimum atomic E-state index is -0.728. The summed E-state index contributed by atoms with van der Waals surface area (Å²) in [6, 6.07) is 7.93. The molecule has 1 fully saturated rings. The average Bonchev–Trinajstić information content (AvgIpc) is 2.22. The van der Waals surface area contributed by atoms with Crippen molar-refractivity contribution >= 4 is 22.4 Å². The Morgan fingerprint density at radius 2 is 2.33 bits per heavy atom. The van der Waals surface area contributed by atoms with Gasteiger partial charge < -0.3 is 5.32 Å². The summed E-state index contributed by atoms with van der Waals surface area (Å²) in [7, 11) is -0.728. The third kappa shape index (κ3) is 2.60. The first-order valence-corrected chi connectivity index (χ1v) is 6.79. The van der Waals surface area contributed by atoms with Crippen molar-refractivity contribution in [3.63, 3.8) is 0 Å². The second-order valence-electron chi connectivity index (χ2n) is 3.87. The molecule has 0 amide bonds. The fraction of sp³-hybridized carbons (Fsp3) is 0.455. The SMILES string of the molecule is CC1CNC(c2cccc(Cl)c2)CS1=O. The molecule has 3 unspecified atom stereocenters. The van der Waals surface area contributed by atoms with E-state index >= 15 is 0 Å². The Morgan fingerprint density at radius 3 is 3.00 bits per heavy atom. The van der Waals surface area contributed by atoms with Gasteiger partial charge in [-0.25, -0.2) is 0 Å². The lowest BCUT2D eigenvalue weighted by Gasteiger charge is -2.27. The summed E-state index contributed by atoms with van der Waals surface area (Å²) in [4.78, 5) is 0. The van der Waals surface area contributed by atoms with E-state index in [1.807, 2.05) is 31.2 Å². The molecular formula is C11H14ClNOS. The second-order valence-corrected chi connectivity index (χ2v) is 6.21. The zero-order valence-corrected chi connectivity index (χ0v) is 10.1. The van der Waals surface area contributed by atoms with Crippen LogP contribution >= 0.6 is 11.6 Å². The van der Waals surface area contributed by atoms with Crippen LogP contribution in [0.2, 0.25) is 5.02 Å². The quantitative estimate of drug-likeness (QED) is 0.819. The summed E-state index contributed by atoms with van der Waals surface area (Å²) in [6.45, 7) is 2.82. The molecule has 2 nitrogen and oxygen atoms in total. The molecule has 2 rings (SSSR count). The van der Waals surface area contributed by atoms with Gasteiger partial charge in [0.1, 0.15) is 0 Å². The van der Waals surface area contributed by atoms with E-state index < -0.39 is 10.8 Å². The molecule has 1 N–H and O–H groups in total. The highest BCUT2D eigenvalue weighted by molar-refractivity contribution is 7.85. The molecule has 1 aromatic rings. The van der Waals surface area contributed by atoms with Gasteiger partial charge in [-0.05, 0) is 24.6 Å². The maximum atomic E-state index is 11.7. The highest BCUT2D eigenvalue weighted by Gasteiger charge is 2.24. The van der Waals surface area contributed by atoms with E-state index in [1.54, 1.807) is 0 Å². The molecule has 0 radical (unpaired) electrons. The summed E-state index contributed by atoms with van der Waals surface area (Å²) in [6.07, 6.45) is 0. The van der Waals surface area contributed by atoms with Crippen molar-refractivity contribution in [3.05, 3.63) is 34.9 Å². The van der Waals surface area contributed by atoms with Crippen molar-refractivity contribution in [1.82, 2.24) is 5.32 Å². The van der Waals surface area contributed by atoms with Crippen molar-refractivity contribution in [2.45, 2.75) is 18.2 Å². The molecule has 0 saturated carbocycles. The number of hydrogen-bond donors (Lipinski definition) is 1. The fourth-order valence-electron chi connectivity index (χ4n) is 1.73. The van der Waals surface area contributed by atoms with Crippen LogP contribution in [0, 0.1) is 0 Å². The molecule has 4 heteroatoms. The Kier molecular flexibility index (Phi) is 3.44. The number of halogens is 1.